The number of aliphatic imine (C=N–C) groups is 1. The number of halogens is 5. The summed E-state index contributed by atoms with van der Waals surface area (Å²) >= 11 is 0. The van der Waals surface area contributed by atoms with Crippen molar-refractivity contribution in [2.45, 2.75) is 12.8 Å². The zero-order valence-corrected chi connectivity index (χ0v) is 16.7. The lowest BCUT2D eigenvalue weighted by Gasteiger charge is -2.10. The molecule has 0 spiro atoms. The molecule has 0 saturated heterocycles. The zero-order chi connectivity index (χ0) is 19.4. The van der Waals surface area contributed by atoms with Gasteiger partial charge in [-0.05, 0) is 54.4 Å². The summed E-state index contributed by atoms with van der Waals surface area (Å²) in [6.07, 6.45) is -2.35. The number of ether oxygens (including phenoxy) is 1. The van der Waals surface area contributed by atoms with Gasteiger partial charge in [-0.1, -0.05) is 0 Å². The largest absolute Gasteiger partial charge is 0.573 e. The molecule has 150 valence electrons. The number of nitrogens with zero attached hydrogens (tertiary/aromatic N) is 1. The SMILES string of the molecule is I.NC(=NCCc1c[nH]c2cc(F)ccc12)Nc1ccc(OC(F)(F)F)cc1. The van der Waals surface area contributed by atoms with Crippen LogP contribution in [-0.2, 0) is 6.42 Å². The number of aromatic nitrogens is 1. The number of anilines is 1. The van der Waals surface area contributed by atoms with Gasteiger partial charge in [-0.3, -0.25) is 4.99 Å². The van der Waals surface area contributed by atoms with E-state index >= 15 is 0 Å². The number of aromatic amines is 1. The average molecular weight is 508 g/mol. The number of fused-ring (bicyclic) bond motifs is 1. The predicted octanol–water partition coefficient (Wildman–Crippen LogP) is 4.79. The maximum absolute atomic E-state index is 13.2. The topological polar surface area (TPSA) is 75.4 Å². The molecule has 3 rings (SSSR count). The van der Waals surface area contributed by atoms with Crippen molar-refractivity contribution in [1.29, 1.82) is 0 Å². The van der Waals surface area contributed by atoms with Crippen LogP contribution in [0.2, 0.25) is 0 Å². The number of nitrogens with two attached hydrogens (primary N) is 1. The van der Waals surface area contributed by atoms with Crippen LogP contribution >= 0.6 is 24.0 Å². The van der Waals surface area contributed by atoms with E-state index in [4.69, 9.17) is 5.73 Å². The van der Waals surface area contributed by atoms with Gasteiger partial charge >= 0.3 is 6.36 Å². The summed E-state index contributed by atoms with van der Waals surface area (Å²) in [7, 11) is 0. The van der Waals surface area contributed by atoms with E-state index < -0.39 is 6.36 Å². The Morgan fingerprint density at radius 2 is 1.86 bits per heavy atom. The first kappa shape index (κ1) is 21.8. The molecular weight excluding hydrogens is 491 g/mol. The van der Waals surface area contributed by atoms with E-state index in [1.165, 1.54) is 36.4 Å². The molecule has 2 aromatic carbocycles. The second-order valence-corrected chi connectivity index (χ2v) is 5.72. The van der Waals surface area contributed by atoms with Crippen LogP contribution in [0, 0.1) is 5.82 Å². The van der Waals surface area contributed by atoms with Gasteiger partial charge in [0.05, 0.1) is 0 Å². The van der Waals surface area contributed by atoms with Crippen LogP contribution in [0.5, 0.6) is 5.75 Å². The summed E-state index contributed by atoms with van der Waals surface area (Å²) in [5.41, 5.74) is 7.96. The molecule has 1 aromatic heterocycles. The fraction of sp³-hybridized carbons (Fsp3) is 0.167. The standard InChI is InChI=1S/C18H16F4N4O.HI/c19-12-1-6-15-11(10-25-16(15)9-12)7-8-24-17(23)26-13-2-4-14(5-3-13)27-18(20,21)22;/h1-6,9-10,25H,7-8H2,(H3,23,24,26);1H. The number of hydrogen-bond donors (Lipinski definition) is 3. The summed E-state index contributed by atoms with van der Waals surface area (Å²) in [6, 6.07) is 9.67. The lowest BCUT2D eigenvalue weighted by Crippen LogP contribution is -2.23. The third-order valence-corrected chi connectivity index (χ3v) is 3.75. The number of rotatable bonds is 5. The maximum Gasteiger partial charge on any atom is 0.573 e. The first-order valence-corrected chi connectivity index (χ1v) is 7.98. The quantitative estimate of drug-likeness (QED) is 0.201. The van der Waals surface area contributed by atoms with E-state index in [2.05, 4.69) is 20.0 Å². The molecule has 3 aromatic rings. The van der Waals surface area contributed by atoms with Crippen LogP contribution in [0.1, 0.15) is 5.56 Å². The molecule has 28 heavy (non-hydrogen) atoms. The van der Waals surface area contributed by atoms with E-state index in [9.17, 15) is 17.6 Å². The third kappa shape index (κ3) is 6.01. The Hall–Kier alpha value is -2.50. The zero-order valence-electron chi connectivity index (χ0n) is 14.4. The number of benzene rings is 2. The first-order chi connectivity index (χ1) is 12.8. The fourth-order valence-electron chi connectivity index (χ4n) is 2.59. The van der Waals surface area contributed by atoms with E-state index in [1.807, 2.05) is 0 Å². The lowest BCUT2D eigenvalue weighted by molar-refractivity contribution is -0.274. The average Bonchev–Trinajstić information content (AvgIpc) is 2.97. The van der Waals surface area contributed by atoms with E-state index in [1.54, 1.807) is 12.3 Å². The minimum Gasteiger partial charge on any atom is -0.406 e. The van der Waals surface area contributed by atoms with Crippen molar-refractivity contribution < 1.29 is 22.3 Å². The van der Waals surface area contributed by atoms with E-state index in [0.29, 0.717) is 24.2 Å². The highest BCUT2D eigenvalue weighted by Crippen LogP contribution is 2.24. The second-order valence-electron chi connectivity index (χ2n) is 5.72. The third-order valence-electron chi connectivity index (χ3n) is 3.75. The van der Waals surface area contributed by atoms with Gasteiger partial charge < -0.3 is 20.8 Å². The van der Waals surface area contributed by atoms with Gasteiger partial charge in [0.15, 0.2) is 5.96 Å². The summed E-state index contributed by atoms with van der Waals surface area (Å²) < 4.78 is 53.4. The molecule has 0 aliphatic carbocycles. The van der Waals surface area contributed by atoms with Crippen molar-refractivity contribution in [2.24, 2.45) is 10.7 Å². The second kappa shape index (κ2) is 9.13. The minimum absolute atomic E-state index is 0. The van der Waals surface area contributed by atoms with Crippen LogP contribution in [0.15, 0.2) is 53.7 Å². The van der Waals surface area contributed by atoms with Crippen LogP contribution in [-0.4, -0.2) is 23.9 Å². The monoisotopic (exact) mass is 508 g/mol. The fourth-order valence-corrected chi connectivity index (χ4v) is 2.59. The number of alkyl halides is 3. The molecule has 0 fully saturated rings. The highest BCUT2D eigenvalue weighted by Gasteiger charge is 2.30. The molecule has 0 unspecified atom stereocenters. The minimum atomic E-state index is -4.73. The van der Waals surface area contributed by atoms with Gasteiger partial charge in [0.1, 0.15) is 11.6 Å². The molecule has 4 N–H and O–H groups in total. The number of hydrogen-bond acceptors (Lipinski definition) is 2. The Bertz CT molecular complexity index is 954. The van der Waals surface area contributed by atoms with E-state index in [-0.39, 0.29) is 41.5 Å². The van der Waals surface area contributed by atoms with Crippen molar-refractivity contribution in [1.82, 2.24) is 4.98 Å². The highest BCUT2D eigenvalue weighted by atomic mass is 127. The van der Waals surface area contributed by atoms with Gasteiger partial charge in [0.25, 0.3) is 0 Å². The normalized spacial score (nSPS) is 11.9. The first-order valence-electron chi connectivity index (χ1n) is 7.98. The molecule has 5 nitrogen and oxygen atoms in total. The Balaban J connectivity index is 0.00000280. The number of nitrogens with one attached hydrogen (secondary N) is 2. The molecular formula is C18H17F4IN4O. The molecule has 0 bridgehead atoms. The van der Waals surface area contributed by atoms with Crippen molar-refractivity contribution in [3.05, 3.63) is 60.0 Å². The van der Waals surface area contributed by atoms with Gasteiger partial charge in [-0.2, -0.15) is 0 Å². The number of H-pyrrole nitrogens is 1. The smallest absolute Gasteiger partial charge is 0.406 e. The molecule has 1 heterocycles. The van der Waals surface area contributed by atoms with Crippen molar-refractivity contribution >= 4 is 46.5 Å². The molecule has 0 saturated carbocycles. The summed E-state index contributed by atoms with van der Waals surface area (Å²) in [4.78, 5) is 7.19. The number of guanidine groups is 1. The van der Waals surface area contributed by atoms with Crippen LogP contribution in [0.4, 0.5) is 23.2 Å². The van der Waals surface area contributed by atoms with Crippen LogP contribution < -0.4 is 15.8 Å². The van der Waals surface area contributed by atoms with E-state index in [0.717, 1.165) is 10.9 Å². The van der Waals surface area contributed by atoms with Gasteiger partial charge in [-0.15, -0.1) is 37.1 Å². The summed E-state index contributed by atoms with van der Waals surface area (Å²) in [5.74, 6) is -0.501. The molecule has 10 heteroatoms. The Kier molecular flexibility index (Phi) is 7.11. The van der Waals surface area contributed by atoms with Gasteiger partial charge in [-0.25, -0.2) is 4.39 Å². The lowest BCUT2D eigenvalue weighted by atomic mass is 10.1. The van der Waals surface area contributed by atoms with Crippen molar-refractivity contribution in [3.63, 3.8) is 0 Å². The Morgan fingerprint density at radius 3 is 2.54 bits per heavy atom. The Labute approximate surface area is 175 Å². The predicted molar refractivity (Wildman–Crippen MR) is 111 cm³/mol. The summed E-state index contributed by atoms with van der Waals surface area (Å²) in [6.45, 7) is 0.387. The molecule has 0 atom stereocenters. The summed E-state index contributed by atoms with van der Waals surface area (Å²) in [5, 5.41) is 3.71. The van der Waals surface area contributed by atoms with Crippen molar-refractivity contribution in [3.8, 4) is 5.75 Å². The molecule has 0 radical (unpaired) electrons. The Morgan fingerprint density at radius 1 is 1.14 bits per heavy atom. The van der Waals surface area contributed by atoms with Crippen molar-refractivity contribution in [2.75, 3.05) is 11.9 Å². The van der Waals surface area contributed by atoms with Crippen LogP contribution in [0.3, 0.4) is 0 Å². The van der Waals surface area contributed by atoms with Gasteiger partial charge in [0, 0.05) is 29.3 Å². The van der Waals surface area contributed by atoms with Gasteiger partial charge in [0.2, 0.25) is 0 Å². The molecule has 0 aliphatic rings. The molecule has 0 amide bonds. The highest BCUT2D eigenvalue weighted by molar-refractivity contribution is 14.0. The molecule has 0 aliphatic heterocycles. The van der Waals surface area contributed by atoms with Crippen LogP contribution in [0.25, 0.3) is 10.9 Å². The maximum atomic E-state index is 13.2.